The van der Waals surface area contributed by atoms with E-state index in [0.717, 1.165) is 17.4 Å². The van der Waals surface area contributed by atoms with Crippen molar-refractivity contribution in [3.8, 4) is 0 Å². The lowest BCUT2D eigenvalue weighted by Gasteiger charge is -2.09. The highest BCUT2D eigenvalue weighted by Crippen LogP contribution is 2.29. The van der Waals surface area contributed by atoms with Gasteiger partial charge in [-0.15, -0.1) is 10.2 Å². The molecule has 1 heterocycles. The highest BCUT2D eigenvalue weighted by atomic mass is 32.2. The Bertz CT molecular complexity index is 757. The Labute approximate surface area is 117 Å². The van der Waals surface area contributed by atoms with Gasteiger partial charge < -0.3 is 5.73 Å². The molecule has 1 aromatic carbocycles. The number of anilines is 2. The van der Waals surface area contributed by atoms with E-state index < -0.39 is 20.6 Å². The molecule has 0 aliphatic carbocycles. The maximum Gasteiger partial charge on any atom is 0.293 e. The minimum Gasteiger partial charge on any atom is -0.393 e. The Kier molecular flexibility index (Phi) is 3.55. The normalized spacial score (nSPS) is 11.2. The van der Waals surface area contributed by atoms with Crippen molar-refractivity contribution in [2.75, 3.05) is 10.5 Å². The molecule has 0 aliphatic rings. The number of hydrogen-bond acceptors (Lipinski definition) is 8. The summed E-state index contributed by atoms with van der Waals surface area (Å²) in [5, 5.41) is 17.9. The van der Waals surface area contributed by atoms with Gasteiger partial charge in [0.2, 0.25) is 5.13 Å². The Hall–Kier alpha value is -2.27. The molecular formula is C9H9N5O4S2. The number of sulfonamides is 1. The third kappa shape index (κ3) is 2.67. The van der Waals surface area contributed by atoms with Crippen molar-refractivity contribution in [1.82, 2.24) is 10.2 Å². The van der Waals surface area contributed by atoms with Crippen molar-refractivity contribution in [2.24, 2.45) is 0 Å². The van der Waals surface area contributed by atoms with Crippen LogP contribution in [0.5, 0.6) is 0 Å². The van der Waals surface area contributed by atoms with E-state index in [1.165, 1.54) is 18.5 Å². The smallest absolute Gasteiger partial charge is 0.293 e. The average Bonchev–Trinajstić information content (AvgIpc) is 2.79. The number of nitro benzene ring substituents is 1. The summed E-state index contributed by atoms with van der Waals surface area (Å²) in [6.07, 6.45) is 0. The van der Waals surface area contributed by atoms with Gasteiger partial charge in [0.25, 0.3) is 15.7 Å². The first-order chi connectivity index (χ1) is 9.31. The van der Waals surface area contributed by atoms with Gasteiger partial charge >= 0.3 is 0 Å². The van der Waals surface area contributed by atoms with Crippen molar-refractivity contribution < 1.29 is 13.3 Å². The fourth-order valence-corrected chi connectivity index (χ4v) is 3.47. The molecule has 20 heavy (non-hydrogen) atoms. The zero-order valence-electron chi connectivity index (χ0n) is 10.1. The van der Waals surface area contributed by atoms with E-state index in [1.54, 1.807) is 0 Å². The lowest BCUT2D eigenvalue weighted by molar-refractivity contribution is -0.384. The van der Waals surface area contributed by atoms with Gasteiger partial charge in [-0.3, -0.25) is 14.8 Å². The van der Waals surface area contributed by atoms with E-state index in [9.17, 15) is 18.5 Å². The molecule has 0 radical (unpaired) electrons. The molecule has 9 nitrogen and oxygen atoms in total. The van der Waals surface area contributed by atoms with Crippen LogP contribution < -0.4 is 10.5 Å². The number of benzene rings is 1. The molecule has 0 fully saturated rings. The van der Waals surface area contributed by atoms with Crippen LogP contribution in [0.25, 0.3) is 0 Å². The van der Waals surface area contributed by atoms with E-state index in [4.69, 9.17) is 5.73 Å². The maximum atomic E-state index is 12.2. The van der Waals surface area contributed by atoms with Crippen LogP contribution in [0.2, 0.25) is 0 Å². The topological polar surface area (TPSA) is 141 Å². The second-order valence-corrected chi connectivity index (χ2v) is 6.27. The molecular weight excluding hydrogens is 306 g/mol. The maximum absolute atomic E-state index is 12.2. The van der Waals surface area contributed by atoms with Crippen molar-refractivity contribution in [2.45, 2.75) is 11.8 Å². The third-order valence-corrected chi connectivity index (χ3v) is 4.61. The lowest BCUT2D eigenvalue weighted by atomic mass is 10.2. The zero-order chi connectivity index (χ0) is 14.9. The molecule has 0 spiro atoms. The number of nitrogens with one attached hydrogen (secondary N) is 1. The molecule has 1 aromatic heterocycles. The Morgan fingerprint density at radius 3 is 2.70 bits per heavy atom. The molecule has 3 N–H and O–H groups in total. The molecule has 2 aromatic rings. The number of aromatic nitrogens is 2. The summed E-state index contributed by atoms with van der Waals surface area (Å²) in [5.41, 5.74) is 6.59. The predicted octanol–water partition coefficient (Wildman–Crippen LogP) is 1.14. The monoisotopic (exact) mass is 315 g/mol. The van der Waals surface area contributed by atoms with Gasteiger partial charge in [-0.05, 0) is 18.6 Å². The number of rotatable bonds is 4. The van der Waals surface area contributed by atoms with Gasteiger partial charge in [-0.2, -0.15) is 0 Å². The van der Waals surface area contributed by atoms with Gasteiger partial charge in [-0.1, -0.05) is 11.3 Å². The first-order valence-corrected chi connectivity index (χ1v) is 7.51. The fraction of sp³-hybridized carbons (Fsp3) is 0.111. The summed E-state index contributed by atoms with van der Waals surface area (Å²) in [5.74, 6) is 0. The number of aryl methyl sites for hydroxylation is 1. The minimum absolute atomic E-state index is 0.0730. The molecule has 0 bridgehead atoms. The summed E-state index contributed by atoms with van der Waals surface area (Å²) in [6.45, 7) is 1.49. The van der Waals surface area contributed by atoms with Crippen LogP contribution in [-0.2, 0) is 10.0 Å². The van der Waals surface area contributed by atoms with Crippen LogP contribution in [0.15, 0.2) is 22.5 Å². The summed E-state index contributed by atoms with van der Waals surface area (Å²) >= 11 is 0.993. The number of nitro groups is 1. The second kappa shape index (κ2) is 5.02. The van der Waals surface area contributed by atoms with E-state index >= 15 is 0 Å². The van der Waals surface area contributed by atoms with E-state index in [0.29, 0.717) is 5.56 Å². The van der Waals surface area contributed by atoms with Crippen LogP contribution in [0, 0.1) is 17.0 Å². The number of nitrogens with two attached hydrogens (primary N) is 1. The molecule has 0 aliphatic heterocycles. The number of nitrogen functional groups attached to an aromatic ring is 1. The summed E-state index contributed by atoms with van der Waals surface area (Å²) in [4.78, 5) is 9.85. The SMILES string of the molecule is Cc1cc(N)c([N+](=O)[O-])cc1S(=O)(=O)Nc1nncs1. The molecule has 0 unspecified atom stereocenters. The molecule has 0 amide bonds. The first kappa shape index (κ1) is 14.1. The van der Waals surface area contributed by atoms with Crippen molar-refractivity contribution >= 4 is 37.9 Å². The quantitative estimate of drug-likeness (QED) is 0.489. The average molecular weight is 315 g/mol. The van der Waals surface area contributed by atoms with Gasteiger partial charge in [0.15, 0.2) is 0 Å². The lowest BCUT2D eigenvalue weighted by Crippen LogP contribution is -2.15. The second-order valence-electron chi connectivity index (χ2n) is 3.78. The third-order valence-electron chi connectivity index (χ3n) is 2.39. The highest BCUT2D eigenvalue weighted by molar-refractivity contribution is 7.93. The molecule has 106 valence electrons. The van der Waals surface area contributed by atoms with Crippen LogP contribution in [0.4, 0.5) is 16.5 Å². The van der Waals surface area contributed by atoms with Crippen LogP contribution in [0.1, 0.15) is 5.56 Å². The Morgan fingerprint density at radius 1 is 1.45 bits per heavy atom. The highest BCUT2D eigenvalue weighted by Gasteiger charge is 2.24. The molecule has 0 saturated heterocycles. The van der Waals surface area contributed by atoms with Crippen molar-refractivity contribution in [3.05, 3.63) is 33.3 Å². The zero-order valence-corrected chi connectivity index (χ0v) is 11.7. The van der Waals surface area contributed by atoms with Gasteiger partial charge in [0, 0.05) is 6.07 Å². The van der Waals surface area contributed by atoms with E-state index in [2.05, 4.69) is 14.9 Å². The van der Waals surface area contributed by atoms with E-state index in [-0.39, 0.29) is 15.7 Å². The molecule has 11 heteroatoms. The van der Waals surface area contributed by atoms with Gasteiger partial charge in [0.05, 0.1) is 9.82 Å². The fourth-order valence-electron chi connectivity index (χ4n) is 1.53. The summed E-state index contributed by atoms with van der Waals surface area (Å²) in [7, 11) is -3.99. The van der Waals surface area contributed by atoms with Gasteiger partial charge in [0.1, 0.15) is 11.2 Å². The predicted molar refractivity (Wildman–Crippen MR) is 73.0 cm³/mol. The Morgan fingerprint density at radius 2 is 2.15 bits per heavy atom. The largest absolute Gasteiger partial charge is 0.393 e. The standard InChI is InChI=1S/C9H9N5O4S2/c1-5-2-6(10)7(14(15)16)3-8(5)20(17,18)13-9-12-11-4-19-9/h2-4H,10H2,1H3,(H,12,13). The first-order valence-electron chi connectivity index (χ1n) is 5.15. The number of nitrogens with zero attached hydrogens (tertiary/aromatic N) is 3. The van der Waals surface area contributed by atoms with Crippen LogP contribution in [-0.4, -0.2) is 23.5 Å². The molecule has 0 saturated carbocycles. The minimum atomic E-state index is -3.99. The van der Waals surface area contributed by atoms with Crippen molar-refractivity contribution in [3.63, 3.8) is 0 Å². The number of hydrogen-bond donors (Lipinski definition) is 2. The van der Waals surface area contributed by atoms with Crippen molar-refractivity contribution in [1.29, 1.82) is 0 Å². The summed E-state index contributed by atoms with van der Waals surface area (Å²) < 4.78 is 26.5. The van der Waals surface area contributed by atoms with Gasteiger partial charge in [-0.25, -0.2) is 8.42 Å². The molecule has 2 rings (SSSR count). The Balaban J connectivity index is 2.51. The van der Waals surface area contributed by atoms with Crippen LogP contribution in [0.3, 0.4) is 0 Å². The van der Waals surface area contributed by atoms with Crippen LogP contribution >= 0.6 is 11.3 Å². The van der Waals surface area contributed by atoms with E-state index in [1.807, 2.05) is 0 Å². The summed E-state index contributed by atoms with van der Waals surface area (Å²) in [6, 6.07) is 2.17. The molecule has 0 atom stereocenters.